The first kappa shape index (κ1) is 19.7. The molecule has 1 saturated heterocycles. The molecule has 1 fully saturated rings. The molecule has 1 N–H and O–H groups in total. The maximum absolute atomic E-state index is 11.8. The highest BCUT2D eigenvalue weighted by atomic mass is 16.2. The molecule has 3 amide bonds. The van der Waals surface area contributed by atoms with Crippen LogP contribution in [0.4, 0.5) is 0 Å². The van der Waals surface area contributed by atoms with Crippen molar-refractivity contribution in [1.82, 2.24) is 24.9 Å². The van der Waals surface area contributed by atoms with Crippen molar-refractivity contribution in [2.45, 2.75) is 6.92 Å². The van der Waals surface area contributed by atoms with Gasteiger partial charge in [-0.15, -0.1) is 0 Å². The standard InChI is InChI=1S/C15H28N6O3/c1-12(22)20-6-8-21(9-7-20)15(16-10-13(23)18(2)3)17-11-14(24)19(4)5/h6-11H2,1-5H3,(H,16,17). The number of piperazine rings is 1. The first-order chi connectivity index (χ1) is 11.2. The number of carbonyl (C=O) groups is 3. The van der Waals surface area contributed by atoms with Crippen LogP contribution in [0.25, 0.3) is 0 Å². The van der Waals surface area contributed by atoms with Gasteiger partial charge in [0.1, 0.15) is 6.54 Å². The largest absolute Gasteiger partial charge is 0.347 e. The van der Waals surface area contributed by atoms with Gasteiger partial charge >= 0.3 is 0 Å². The van der Waals surface area contributed by atoms with E-state index in [0.29, 0.717) is 32.1 Å². The van der Waals surface area contributed by atoms with Crippen LogP contribution in [-0.4, -0.2) is 111 Å². The Labute approximate surface area is 143 Å². The lowest BCUT2D eigenvalue weighted by Crippen LogP contribution is -2.54. The van der Waals surface area contributed by atoms with E-state index in [4.69, 9.17) is 0 Å². The molecule has 0 aromatic carbocycles. The van der Waals surface area contributed by atoms with Crippen LogP contribution < -0.4 is 5.32 Å². The Hall–Kier alpha value is -2.32. The van der Waals surface area contributed by atoms with Gasteiger partial charge < -0.3 is 24.9 Å². The van der Waals surface area contributed by atoms with E-state index in [9.17, 15) is 14.4 Å². The Morgan fingerprint density at radius 1 is 0.917 bits per heavy atom. The summed E-state index contributed by atoms with van der Waals surface area (Å²) in [6.45, 7) is 4.08. The second kappa shape index (κ2) is 9.09. The van der Waals surface area contributed by atoms with Gasteiger partial charge in [0.05, 0.1) is 6.54 Å². The predicted octanol–water partition coefficient (Wildman–Crippen LogP) is -1.73. The lowest BCUT2D eigenvalue weighted by molar-refractivity contribution is -0.130. The second-order valence-electron chi connectivity index (χ2n) is 6.06. The highest BCUT2D eigenvalue weighted by Gasteiger charge is 2.22. The summed E-state index contributed by atoms with van der Waals surface area (Å²) in [4.78, 5) is 46.0. The summed E-state index contributed by atoms with van der Waals surface area (Å²) in [5.41, 5.74) is 0. The van der Waals surface area contributed by atoms with Gasteiger partial charge in [-0.3, -0.25) is 14.4 Å². The maximum Gasteiger partial charge on any atom is 0.243 e. The molecule has 0 spiro atoms. The topological polar surface area (TPSA) is 88.6 Å². The third-order valence-electron chi connectivity index (χ3n) is 3.78. The molecule has 0 aliphatic carbocycles. The van der Waals surface area contributed by atoms with Crippen molar-refractivity contribution < 1.29 is 14.4 Å². The number of carbonyl (C=O) groups excluding carboxylic acids is 3. The molecular formula is C15H28N6O3. The van der Waals surface area contributed by atoms with Gasteiger partial charge in [0.2, 0.25) is 17.7 Å². The van der Waals surface area contributed by atoms with Crippen LogP contribution >= 0.6 is 0 Å². The number of hydrogen-bond acceptors (Lipinski definition) is 4. The summed E-state index contributed by atoms with van der Waals surface area (Å²) in [6, 6.07) is 0. The highest BCUT2D eigenvalue weighted by Crippen LogP contribution is 2.03. The van der Waals surface area contributed by atoms with Crippen molar-refractivity contribution in [3.63, 3.8) is 0 Å². The molecule has 0 saturated carbocycles. The number of amides is 3. The lowest BCUT2D eigenvalue weighted by Gasteiger charge is -2.36. The Morgan fingerprint density at radius 3 is 1.88 bits per heavy atom. The summed E-state index contributed by atoms with van der Waals surface area (Å²) in [6.07, 6.45) is 0. The third kappa shape index (κ3) is 6.05. The van der Waals surface area contributed by atoms with Crippen LogP contribution in [0.1, 0.15) is 6.92 Å². The summed E-state index contributed by atoms with van der Waals surface area (Å²) in [5.74, 6) is 0.370. The zero-order valence-electron chi connectivity index (χ0n) is 15.2. The maximum atomic E-state index is 11.8. The van der Waals surface area contributed by atoms with Gasteiger partial charge in [-0.25, -0.2) is 4.99 Å². The molecule has 0 unspecified atom stereocenters. The van der Waals surface area contributed by atoms with Crippen LogP contribution in [0.2, 0.25) is 0 Å². The minimum Gasteiger partial charge on any atom is -0.347 e. The summed E-state index contributed by atoms with van der Waals surface area (Å²) >= 11 is 0. The van der Waals surface area contributed by atoms with Gasteiger partial charge in [-0.05, 0) is 0 Å². The Morgan fingerprint density at radius 2 is 1.42 bits per heavy atom. The Bertz CT molecular complexity index is 495. The lowest BCUT2D eigenvalue weighted by atomic mass is 10.3. The van der Waals surface area contributed by atoms with Gasteiger partial charge in [0, 0.05) is 61.3 Å². The summed E-state index contributed by atoms with van der Waals surface area (Å²) < 4.78 is 0. The van der Waals surface area contributed by atoms with E-state index in [1.165, 1.54) is 9.80 Å². The highest BCUT2D eigenvalue weighted by molar-refractivity contribution is 5.88. The third-order valence-corrected chi connectivity index (χ3v) is 3.78. The summed E-state index contributed by atoms with van der Waals surface area (Å²) in [5, 5.41) is 3.02. The van der Waals surface area contributed by atoms with E-state index in [0.717, 1.165) is 0 Å². The zero-order valence-corrected chi connectivity index (χ0v) is 15.2. The van der Waals surface area contributed by atoms with Crippen LogP contribution in [-0.2, 0) is 14.4 Å². The SMILES string of the molecule is CC(=O)N1CCN(C(=NCC(=O)N(C)C)NCC(=O)N(C)C)CC1. The minimum atomic E-state index is -0.115. The van der Waals surface area contributed by atoms with Crippen LogP contribution in [0.3, 0.4) is 0 Å². The number of rotatable bonds is 4. The monoisotopic (exact) mass is 340 g/mol. The number of nitrogens with zero attached hydrogens (tertiary/aromatic N) is 5. The quantitative estimate of drug-likeness (QED) is 0.485. The predicted molar refractivity (Wildman–Crippen MR) is 91.5 cm³/mol. The van der Waals surface area contributed by atoms with Crippen LogP contribution in [0, 0.1) is 0 Å². The van der Waals surface area contributed by atoms with E-state index in [-0.39, 0.29) is 30.8 Å². The van der Waals surface area contributed by atoms with Crippen LogP contribution in [0.15, 0.2) is 4.99 Å². The molecule has 1 heterocycles. The summed E-state index contributed by atoms with van der Waals surface area (Å²) in [7, 11) is 6.71. The van der Waals surface area contributed by atoms with Crippen molar-refractivity contribution in [3.8, 4) is 0 Å². The molecule has 0 atom stereocenters. The number of hydrogen-bond donors (Lipinski definition) is 1. The van der Waals surface area contributed by atoms with Crippen molar-refractivity contribution in [2.75, 3.05) is 67.5 Å². The average Bonchev–Trinajstić information content (AvgIpc) is 2.54. The fourth-order valence-electron chi connectivity index (χ4n) is 2.10. The van der Waals surface area contributed by atoms with E-state index in [1.54, 1.807) is 40.0 Å². The molecule has 9 heteroatoms. The zero-order chi connectivity index (χ0) is 18.3. The van der Waals surface area contributed by atoms with Gasteiger partial charge in [0.25, 0.3) is 0 Å². The molecule has 0 aromatic rings. The van der Waals surface area contributed by atoms with Crippen molar-refractivity contribution >= 4 is 23.7 Å². The van der Waals surface area contributed by atoms with Gasteiger partial charge in [-0.1, -0.05) is 0 Å². The van der Waals surface area contributed by atoms with E-state index < -0.39 is 0 Å². The van der Waals surface area contributed by atoms with Gasteiger partial charge in [0.15, 0.2) is 5.96 Å². The molecule has 1 aliphatic rings. The number of nitrogens with one attached hydrogen (secondary N) is 1. The second-order valence-corrected chi connectivity index (χ2v) is 6.06. The molecule has 0 bridgehead atoms. The fraction of sp³-hybridized carbons (Fsp3) is 0.733. The van der Waals surface area contributed by atoms with Crippen molar-refractivity contribution in [1.29, 1.82) is 0 Å². The number of aliphatic imine (C=N–C) groups is 1. The average molecular weight is 340 g/mol. The Balaban J connectivity index is 2.73. The molecule has 1 rings (SSSR count). The molecule has 0 aromatic heterocycles. The van der Waals surface area contributed by atoms with E-state index >= 15 is 0 Å². The molecule has 0 radical (unpaired) electrons. The molecular weight excluding hydrogens is 312 g/mol. The fourth-order valence-corrected chi connectivity index (χ4v) is 2.10. The minimum absolute atomic E-state index is 0.0123. The Kier molecular flexibility index (Phi) is 7.47. The molecule has 1 aliphatic heterocycles. The first-order valence-electron chi connectivity index (χ1n) is 7.91. The van der Waals surface area contributed by atoms with Gasteiger partial charge in [-0.2, -0.15) is 0 Å². The smallest absolute Gasteiger partial charge is 0.243 e. The van der Waals surface area contributed by atoms with E-state index in [2.05, 4.69) is 10.3 Å². The number of likely N-dealkylation sites (N-methyl/N-ethyl adjacent to an activating group) is 2. The van der Waals surface area contributed by atoms with Crippen molar-refractivity contribution in [2.24, 2.45) is 4.99 Å². The normalized spacial score (nSPS) is 15.1. The molecule has 136 valence electrons. The van der Waals surface area contributed by atoms with E-state index in [1.807, 2.05) is 4.90 Å². The molecule has 9 nitrogen and oxygen atoms in total. The van der Waals surface area contributed by atoms with Crippen molar-refractivity contribution in [3.05, 3.63) is 0 Å². The first-order valence-corrected chi connectivity index (χ1v) is 7.91. The van der Waals surface area contributed by atoms with Crippen LogP contribution in [0.5, 0.6) is 0 Å². The molecule has 24 heavy (non-hydrogen) atoms. The number of guanidine groups is 1.